The Labute approximate surface area is 113 Å². The summed E-state index contributed by atoms with van der Waals surface area (Å²) in [5.41, 5.74) is 3.83. The Morgan fingerprint density at radius 2 is 1.95 bits per heavy atom. The van der Waals surface area contributed by atoms with Crippen LogP contribution < -0.4 is 0 Å². The highest BCUT2D eigenvalue weighted by Gasteiger charge is 2.10. The lowest BCUT2D eigenvalue weighted by Crippen LogP contribution is -2.01. The molecule has 1 aromatic heterocycles. The van der Waals surface area contributed by atoms with E-state index in [1.54, 1.807) is 12.3 Å². The summed E-state index contributed by atoms with van der Waals surface area (Å²) >= 11 is 0. The van der Waals surface area contributed by atoms with E-state index in [1.165, 1.54) is 5.56 Å². The lowest BCUT2D eigenvalue weighted by Gasteiger charge is -1.99. The number of aromatic nitrogens is 2. The third-order valence-corrected chi connectivity index (χ3v) is 3.17. The highest BCUT2D eigenvalue weighted by Crippen LogP contribution is 2.11. The van der Waals surface area contributed by atoms with Gasteiger partial charge in [-0.15, -0.1) is 0 Å². The van der Waals surface area contributed by atoms with Crippen LogP contribution in [0.15, 0.2) is 36.5 Å². The molecule has 0 fully saturated rings. The van der Waals surface area contributed by atoms with Gasteiger partial charge in [0.1, 0.15) is 0 Å². The third-order valence-electron chi connectivity index (χ3n) is 3.17. The van der Waals surface area contributed by atoms with Crippen molar-refractivity contribution < 1.29 is 4.79 Å². The third kappa shape index (κ3) is 2.99. The Morgan fingerprint density at radius 1 is 1.26 bits per heavy atom. The van der Waals surface area contributed by atoms with Crippen molar-refractivity contribution in [3.8, 4) is 0 Å². The van der Waals surface area contributed by atoms with Crippen molar-refractivity contribution >= 4 is 11.9 Å². The topological polar surface area (TPSA) is 34.9 Å². The van der Waals surface area contributed by atoms with E-state index in [9.17, 15) is 4.79 Å². The first-order chi connectivity index (χ1) is 9.11. The average molecular weight is 254 g/mol. The highest BCUT2D eigenvalue weighted by molar-refractivity contribution is 6.07. The molecule has 0 aliphatic rings. The molecule has 0 aliphatic heterocycles. The van der Waals surface area contributed by atoms with Crippen molar-refractivity contribution in [1.82, 2.24) is 9.78 Å². The highest BCUT2D eigenvalue weighted by atomic mass is 16.1. The maximum absolute atomic E-state index is 12.1. The van der Waals surface area contributed by atoms with E-state index in [0.717, 1.165) is 17.8 Å². The number of hydrogen-bond donors (Lipinski definition) is 0. The molecule has 0 bridgehead atoms. The first-order valence-electron chi connectivity index (χ1n) is 6.43. The lowest BCUT2D eigenvalue weighted by atomic mass is 10.1. The molecule has 0 radical (unpaired) electrons. The van der Waals surface area contributed by atoms with Gasteiger partial charge in [0.05, 0.1) is 11.8 Å². The Morgan fingerprint density at radius 3 is 2.53 bits per heavy atom. The average Bonchev–Trinajstić information content (AvgIpc) is 2.79. The van der Waals surface area contributed by atoms with Crippen molar-refractivity contribution in [2.45, 2.75) is 27.3 Å². The second kappa shape index (κ2) is 5.65. The van der Waals surface area contributed by atoms with Crippen LogP contribution in [0.5, 0.6) is 0 Å². The van der Waals surface area contributed by atoms with Crippen LogP contribution in [0.3, 0.4) is 0 Å². The Bertz CT molecular complexity index is 606. The molecule has 1 aromatic carbocycles. The molecule has 2 rings (SSSR count). The van der Waals surface area contributed by atoms with Crippen LogP contribution in [0.1, 0.15) is 34.1 Å². The summed E-state index contributed by atoms with van der Waals surface area (Å²) in [4.78, 5) is 12.1. The van der Waals surface area contributed by atoms with Crippen LogP contribution in [0.4, 0.5) is 0 Å². The molecular weight excluding hydrogens is 236 g/mol. The van der Waals surface area contributed by atoms with Gasteiger partial charge in [-0.05, 0) is 32.4 Å². The zero-order valence-electron chi connectivity index (χ0n) is 11.6. The number of rotatable bonds is 4. The minimum atomic E-state index is -0.00206. The lowest BCUT2D eigenvalue weighted by molar-refractivity contribution is 0.104. The molecule has 0 saturated carbocycles. The fourth-order valence-electron chi connectivity index (χ4n) is 1.95. The van der Waals surface area contributed by atoms with E-state index in [0.29, 0.717) is 5.56 Å². The molecule has 0 atom stereocenters. The zero-order chi connectivity index (χ0) is 13.8. The first-order valence-corrected chi connectivity index (χ1v) is 6.43. The Hall–Kier alpha value is -2.16. The van der Waals surface area contributed by atoms with Gasteiger partial charge < -0.3 is 0 Å². The molecular formula is C16H18N2O. The fraction of sp³-hybridized carbons (Fsp3) is 0.250. The quantitative estimate of drug-likeness (QED) is 0.619. The second-order valence-corrected chi connectivity index (χ2v) is 4.57. The van der Waals surface area contributed by atoms with Crippen LogP contribution in [-0.4, -0.2) is 15.6 Å². The summed E-state index contributed by atoms with van der Waals surface area (Å²) in [5, 5.41) is 4.18. The minimum absolute atomic E-state index is 0.00206. The SMILES string of the molecule is CCn1ncc(C(=O)/C=C/c2ccc(C)cc2)c1C. The van der Waals surface area contributed by atoms with Gasteiger partial charge in [-0.1, -0.05) is 35.9 Å². The van der Waals surface area contributed by atoms with Crippen molar-refractivity contribution in [3.63, 3.8) is 0 Å². The Balaban J connectivity index is 2.16. The number of ketones is 1. The molecule has 98 valence electrons. The van der Waals surface area contributed by atoms with Crippen LogP contribution in [-0.2, 0) is 6.54 Å². The standard InChI is InChI=1S/C16H18N2O/c1-4-18-13(3)15(11-17-18)16(19)10-9-14-7-5-12(2)6-8-14/h5-11H,4H2,1-3H3/b10-9+. The number of aryl methyl sites for hydroxylation is 2. The molecule has 2 aromatic rings. The molecule has 0 aliphatic carbocycles. The summed E-state index contributed by atoms with van der Waals surface area (Å²) in [5.74, 6) is -0.00206. The molecule has 0 amide bonds. The summed E-state index contributed by atoms with van der Waals surface area (Å²) in [6, 6.07) is 8.07. The van der Waals surface area contributed by atoms with Crippen LogP contribution in [0, 0.1) is 13.8 Å². The van der Waals surface area contributed by atoms with Crippen LogP contribution >= 0.6 is 0 Å². The summed E-state index contributed by atoms with van der Waals surface area (Å²) in [7, 11) is 0. The van der Waals surface area contributed by atoms with Gasteiger partial charge in [0.2, 0.25) is 0 Å². The molecule has 0 saturated heterocycles. The smallest absolute Gasteiger partial charge is 0.189 e. The molecule has 0 spiro atoms. The van der Waals surface area contributed by atoms with Crippen LogP contribution in [0.25, 0.3) is 6.08 Å². The fourth-order valence-corrected chi connectivity index (χ4v) is 1.95. The van der Waals surface area contributed by atoms with Crippen molar-refractivity contribution in [3.05, 3.63) is 58.9 Å². The van der Waals surface area contributed by atoms with Gasteiger partial charge in [-0.25, -0.2) is 0 Å². The minimum Gasteiger partial charge on any atom is -0.289 e. The molecule has 0 unspecified atom stereocenters. The molecule has 0 N–H and O–H groups in total. The predicted molar refractivity (Wildman–Crippen MR) is 77.2 cm³/mol. The van der Waals surface area contributed by atoms with Gasteiger partial charge in [0.15, 0.2) is 5.78 Å². The second-order valence-electron chi connectivity index (χ2n) is 4.57. The molecule has 19 heavy (non-hydrogen) atoms. The van der Waals surface area contributed by atoms with E-state index < -0.39 is 0 Å². The number of nitrogens with zero attached hydrogens (tertiary/aromatic N) is 2. The van der Waals surface area contributed by atoms with Gasteiger partial charge in [-0.3, -0.25) is 9.48 Å². The number of carbonyl (C=O) groups is 1. The molecule has 1 heterocycles. The maximum atomic E-state index is 12.1. The summed E-state index contributed by atoms with van der Waals surface area (Å²) in [6.45, 7) is 6.75. The van der Waals surface area contributed by atoms with Gasteiger partial charge in [0.25, 0.3) is 0 Å². The summed E-state index contributed by atoms with van der Waals surface area (Å²) in [6.07, 6.45) is 5.08. The number of hydrogen-bond acceptors (Lipinski definition) is 2. The van der Waals surface area contributed by atoms with E-state index >= 15 is 0 Å². The molecule has 3 heteroatoms. The zero-order valence-corrected chi connectivity index (χ0v) is 11.6. The number of carbonyl (C=O) groups excluding carboxylic acids is 1. The van der Waals surface area contributed by atoms with Crippen molar-refractivity contribution in [1.29, 1.82) is 0 Å². The van der Waals surface area contributed by atoms with E-state index in [2.05, 4.69) is 5.10 Å². The number of allylic oxidation sites excluding steroid dienone is 1. The monoisotopic (exact) mass is 254 g/mol. The largest absolute Gasteiger partial charge is 0.289 e. The predicted octanol–water partition coefficient (Wildman–Crippen LogP) is 3.42. The normalized spacial score (nSPS) is 11.1. The van der Waals surface area contributed by atoms with E-state index in [-0.39, 0.29) is 5.78 Å². The van der Waals surface area contributed by atoms with Crippen molar-refractivity contribution in [2.75, 3.05) is 0 Å². The van der Waals surface area contributed by atoms with Gasteiger partial charge in [-0.2, -0.15) is 5.10 Å². The van der Waals surface area contributed by atoms with Crippen molar-refractivity contribution in [2.24, 2.45) is 0 Å². The number of benzene rings is 1. The van der Waals surface area contributed by atoms with E-state index in [1.807, 2.05) is 55.8 Å². The molecule has 3 nitrogen and oxygen atoms in total. The first kappa shape index (κ1) is 13.3. The van der Waals surface area contributed by atoms with E-state index in [4.69, 9.17) is 0 Å². The van der Waals surface area contributed by atoms with Gasteiger partial charge >= 0.3 is 0 Å². The Kier molecular flexibility index (Phi) is 3.95. The summed E-state index contributed by atoms with van der Waals surface area (Å²) < 4.78 is 1.83. The van der Waals surface area contributed by atoms with Crippen LogP contribution in [0.2, 0.25) is 0 Å². The van der Waals surface area contributed by atoms with Gasteiger partial charge in [0, 0.05) is 12.2 Å². The maximum Gasteiger partial charge on any atom is 0.189 e.